The minimum Gasteiger partial charge on any atom is -0.281 e. The number of carbonyl (C=O) groups excluding carboxylic acids is 1. The summed E-state index contributed by atoms with van der Waals surface area (Å²) in [7, 11) is 0. The van der Waals surface area contributed by atoms with Gasteiger partial charge in [0, 0.05) is 5.92 Å². The Morgan fingerprint density at radius 1 is 0.842 bits per heavy atom. The third-order valence-electron chi connectivity index (χ3n) is 5.76. The molecule has 0 unspecified atom stereocenters. The molecule has 19 heavy (non-hydrogen) atoms. The Morgan fingerprint density at radius 2 is 1.26 bits per heavy atom. The molecule has 0 atom stereocenters. The van der Waals surface area contributed by atoms with Gasteiger partial charge in [0.25, 0.3) is 0 Å². The Bertz CT molecular complexity index is 302. The Kier molecular flexibility index (Phi) is 4.98. The van der Waals surface area contributed by atoms with Crippen LogP contribution in [0.4, 0.5) is 0 Å². The number of hydrogen-bond acceptors (Lipinski definition) is 1. The number of carbonyl (C=O) groups is 1. The molecule has 2 aliphatic rings. The van der Waals surface area contributed by atoms with Crippen molar-refractivity contribution in [3.05, 3.63) is 0 Å². The second-order valence-electron chi connectivity index (χ2n) is 7.89. The van der Waals surface area contributed by atoms with Crippen LogP contribution in [0.3, 0.4) is 0 Å². The smallest absolute Gasteiger partial charge is 0.224 e. The maximum Gasteiger partial charge on any atom is 0.224 e. The van der Waals surface area contributed by atoms with Gasteiger partial charge < -0.3 is 0 Å². The minimum atomic E-state index is -0.102. The van der Waals surface area contributed by atoms with Crippen molar-refractivity contribution in [3.63, 3.8) is 0 Å². The molecule has 2 fully saturated rings. The van der Waals surface area contributed by atoms with Crippen molar-refractivity contribution in [2.75, 3.05) is 0 Å². The van der Waals surface area contributed by atoms with Gasteiger partial charge in [0.1, 0.15) is 0 Å². The lowest BCUT2D eigenvalue weighted by molar-refractivity contribution is -0.116. The van der Waals surface area contributed by atoms with E-state index in [0.717, 1.165) is 30.6 Å². The first-order valence-electron chi connectivity index (χ1n) is 8.07. The molecule has 2 heteroatoms. The van der Waals surface area contributed by atoms with E-state index >= 15 is 0 Å². The van der Waals surface area contributed by atoms with Crippen LogP contribution in [0.1, 0.15) is 72.1 Å². The second-order valence-corrected chi connectivity index (χ2v) is 8.27. The largest absolute Gasteiger partial charge is 0.281 e. The van der Waals surface area contributed by atoms with Crippen molar-refractivity contribution in [1.29, 1.82) is 0 Å². The summed E-state index contributed by atoms with van der Waals surface area (Å²) in [6.07, 6.45) is 10.2. The van der Waals surface area contributed by atoms with E-state index < -0.39 is 0 Å². The van der Waals surface area contributed by atoms with Crippen LogP contribution < -0.4 is 0 Å². The van der Waals surface area contributed by atoms with Crippen LogP contribution in [-0.2, 0) is 4.79 Å². The molecule has 0 aromatic carbocycles. The molecule has 0 bridgehead atoms. The summed E-state index contributed by atoms with van der Waals surface area (Å²) < 4.78 is 0. The first-order valence-corrected chi connectivity index (χ1v) is 8.45. The Morgan fingerprint density at radius 3 is 1.63 bits per heavy atom. The molecule has 1 nitrogen and oxygen atoms in total. The molecule has 0 amide bonds. The molecule has 110 valence electrons. The van der Waals surface area contributed by atoms with E-state index in [2.05, 4.69) is 20.8 Å². The summed E-state index contributed by atoms with van der Waals surface area (Å²) >= 11 is 5.62. The van der Waals surface area contributed by atoms with Gasteiger partial charge in [-0.3, -0.25) is 4.79 Å². The highest BCUT2D eigenvalue weighted by atomic mass is 35.5. The third kappa shape index (κ3) is 3.97. The molecular weight excluding hydrogens is 256 g/mol. The van der Waals surface area contributed by atoms with Gasteiger partial charge in [-0.2, -0.15) is 0 Å². The molecule has 0 aromatic rings. The third-order valence-corrected chi connectivity index (χ3v) is 6.06. The predicted octanol–water partition coefficient (Wildman–Crippen LogP) is 5.41. The van der Waals surface area contributed by atoms with Crippen molar-refractivity contribution in [2.45, 2.75) is 72.1 Å². The van der Waals surface area contributed by atoms with E-state index in [4.69, 9.17) is 11.6 Å². The molecular formula is C17H29ClO. The van der Waals surface area contributed by atoms with Crippen molar-refractivity contribution in [3.8, 4) is 0 Å². The van der Waals surface area contributed by atoms with Crippen LogP contribution in [0.15, 0.2) is 0 Å². The average Bonchev–Trinajstić information content (AvgIpc) is 2.38. The number of hydrogen-bond donors (Lipinski definition) is 0. The van der Waals surface area contributed by atoms with Crippen LogP contribution in [-0.4, -0.2) is 5.24 Å². The van der Waals surface area contributed by atoms with E-state index in [-0.39, 0.29) is 11.2 Å². The van der Waals surface area contributed by atoms with Crippen molar-refractivity contribution < 1.29 is 4.79 Å². The summed E-state index contributed by atoms with van der Waals surface area (Å²) in [6.45, 7) is 7.15. The molecule has 2 saturated carbocycles. The maximum atomic E-state index is 11.2. The molecule has 0 N–H and O–H groups in total. The number of rotatable bonds is 2. The molecule has 0 aliphatic heterocycles. The van der Waals surface area contributed by atoms with Crippen LogP contribution in [0, 0.1) is 29.1 Å². The van der Waals surface area contributed by atoms with Gasteiger partial charge in [-0.1, -0.05) is 20.8 Å². The summed E-state index contributed by atoms with van der Waals surface area (Å²) in [6, 6.07) is 0. The second kappa shape index (κ2) is 6.16. The van der Waals surface area contributed by atoms with E-state index in [0.29, 0.717) is 5.41 Å². The lowest BCUT2D eigenvalue weighted by Gasteiger charge is -2.41. The zero-order valence-corrected chi connectivity index (χ0v) is 13.5. The fourth-order valence-electron chi connectivity index (χ4n) is 4.27. The summed E-state index contributed by atoms with van der Waals surface area (Å²) in [4.78, 5) is 11.2. The minimum absolute atomic E-state index is 0.102. The van der Waals surface area contributed by atoms with Crippen molar-refractivity contribution in [2.24, 2.45) is 29.1 Å². The van der Waals surface area contributed by atoms with E-state index in [9.17, 15) is 4.79 Å². The van der Waals surface area contributed by atoms with Crippen molar-refractivity contribution >= 4 is 16.8 Å². The van der Waals surface area contributed by atoms with Crippen LogP contribution >= 0.6 is 11.6 Å². The van der Waals surface area contributed by atoms with Gasteiger partial charge in [-0.25, -0.2) is 0 Å². The van der Waals surface area contributed by atoms with E-state index in [1.807, 2.05) is 0 Å². The lowest BCUT2D eigenvalue weighted by Crippen LogP contribution is -2.30. The average molecular weight is 285 g/mol. The SMILES string of the molecule is CC(C)(C)C1CCC(C2CCC(C(=O)Cl)CC2)CC1. The van der Waals surface area contributed by atoms with Gasteiger partial charge in [-0.15, -0.1) is 0 Å². The Hall–Kier alpha value is -0.0400. The molecule has 0 spiro atoms. The molecule has 2 rings (SSSR count). The Labute approximate surface area is 123 Å². The van der Waals surface area contributed by atoms with Gasteiger partial charge in [0.15, 0.2) is 0 Å². The fraction of sp³-hybridized carbons (Fsp3) is 0.941. The van der Waals surface area contributed by atoms with Crippen LogP contribution in [0.25, 0.3) is 0 Å². The lowest BCUT2D eigenvalue weighted by atomic mass is 9.65. The topological polar surface area (TPSA) is 17.1 Å². The molecule has 0 saturated heterocycles. The number of halogens is 1. The zero-order chi connectivity index (χ0) is 14.0. The van der Waals surface area contributed by atoms with E-state index in [1.54, 1.807) is 0 Å². The quantitative estimate of drug-likeness (QED) is 0.620. The normalized spacial score (nSPS) is 37.1. The standard InChI is InChI=1S/C17H29ClO/c1-17(2,3)15-10-8-13(9-11-15)12-4-6-14(7-5-12)16(18)19/h12-15H,4-11H2,1-3H3. The van der Waals surface area contributed by atoms with Gasteiger partial charge >= 0.3 is 0 Å². The fourth-order valence-corrected chi connectivity index (χ4v) is 4.49. The zero-order valence-electron chi connectivity index (χ0n) is 12.8. The highest BCUT2D eigenvalue weighted by Crippen LogP contribution is 2.45. The predicted molar refractivity (Wildman–Crippen MR) is 81.2 cm³/mol. The summed E-state index contributed by atoms with van der Waals surface area (Å²) in [5.41, 5.74) is 0.480. The first kappa shape index (κ1) is 15.4. The molecule has 0 aromatic heterocycles. The maximum absolute atomic E-state index is 11.2. The highest BCUT2D eigenvalue weighted by Gasteiger charge is 2.35. The monoisotopic (exact) mass is 284 g/mol. The van der Waals surface area contributed by atoms with E-state index in [1.165, 1.54) is 38.5 Å². The summed E-state index contributed by atoms with van der Waals surface area (Å²) in [5, 5.41) is -0.102. The van der Waals surface area contributed by atoms with Crippen molar-refractivity contribution in [1.82, 2.24) is 0 Å². The molecule has 2 aliphatic carbocycles. The van der Waals surface area contributed by atoms with Gasteiger partial charge in [-0.05, 0) is 86.1 Å². The van der Waals surface area contributed by atoms with Crippen LogP contribution in [0.2, 0.25) is 0 Å². The van der Waals surface area contributed by atoms with Crippen LogP contribution in [0.5, 0.6) is 0 Å². The summed E-state index contributed by atoms with van der Waals surface area (Å²) in [5.74, 6) is 2.85. The molecule has 0 radical (unpaired) electrons. The van der Waals surface area contributed by atoms with Gasteiger partial charge in [0.05, 0.1) is 0 Å². The van der Waals surface area contributed by atoms with Gasteiger partial charge in [0.2, 0.25) is 5.24 Å². The first-order chi connectivity index (χ1) is 8.88. The highest BCUT2D eigenvalue weighted by molar-refractivity contribution is 6.63. The molecule has 0 heterocycles. The Balaban J connectivity index is 1.78.